The van der Waals surface area contributed by atoms with Crippen LogP contribution in [-0.4, -0.2) is 30.7 Å². The Morgan fingerprint density at radius 2 is 1.89 bits per heavy atom. The maximum atomic E-state index is 12.4. The number of fused-ring (bicyclic) bond motifs is 1. The Morgan fingerprint density at radius 3 is 2.59 bits per heavy atom. The van der Waals surface area contributed by atoms with Crippen LogP contribution in [0.1, 0.15) is 31.0 Å². The largest absolute Gasteiger partial charge is 0.326 e. The van der Waals surface area contributed by atoms with Gasteiger partial charge >= 0.3 is 0 Å². The Labute approximate surface area is 157 Å². The highest BCUT2D eigenvalue weighted by molar-refractivity contribution is 7.89. The van der Waals surface area contributed by atoms with Crippen molar-refractivity contribution in [1.82, 2.24) is 14.5 Å². The predicted molar refractivity (Wildman–Crippen MR) is 101 cm³/mol. The van der Waals surface area contributed by atoms with Crippen LogP contribution in [0.25, 0.3) is 0 Å². The lowest BCUT2D eigenvalue weighted by Gasteiger charge is -2.16. The first-order chi connectivity index (χ1) is 12.8. The molecule has 1 aliphatic rings. The summed E-state index contributed by atoms with van der Waals surface area (Å²) in [6.07, 6.45) is 3.85. The minimum atomic E-state index is -3.71. The summed E-state index contributed by atoms with van der Waals surface area (Å²) in [5, 5.41) is 6.95. The van der Waals surface area contributed by atoms with Crippen molar-refractivity contribution in [2.24, 2.45) is 0 Å². The minimum Gasteiger partial charge on any atom is -0.326 e. The number of aryl methyl sites for hydroxylation is 2. The highest BCUT2D eigenvalue weighted by atomic mass is 32.2. The molecular weight excluding hydrogens is 368 g/mol. The molecule has 1 amide bonds. The summed E-state index contributed by atoms with van der Waals surface area (Å²) in [7, 11) is -3.71. The van der Waals surface area contributed by atoms with Crippen molar-refractivity contribution in [3.63, 3.8) is 0 Å². The first-order valence-electron chi connectivity index (χ1n) is 8.82. The lowest BCUT2D eigenvalue weighted by atomic mass is 9.97. The van der Waals surface area contributed by atoms with Gasteiger partial charge in [0.05, 0.1) is 17.1 Å². The topological polar surface area (TPSA) is 110 Å². The summed E-state index contributed by atoms with van der Waals surface area (Å²) in [5.41, 5.74) is 2.24. The van der Waals surface area contributed by atoms with Crippen LogP contribution >= 0.6 is 0 Å². The van der Waals surface area contributed by atoms with Crippen LogP contribution in [0.15, 0.2) is 40.0 Å². The van der Waals surface area contributed by atoms with Gasteiger partial charge in [0.25, 0.3) is 5.56 Å². The molecule has 0 bridgehead atoms. The number of carbonyl (C=O) groups is 1. The summed E-state index contributed by atoms with van der Waals surface area (Å²) in [6.45, 7) is 1.60. The zero-order valence-corrected chi connectivity index (χ0v) is 15.9. The fourth-order valence-electron chi connectivity index (χ4n) is 3.05. The molecule has 0 spiro atoms. The highest BCUT2D eigenvalue weighted by Crippen LogP contribution is 2.17. The van der Waals surface area contributed by atoms with Gasteiger partial charge in [-0.15, -0.1) is 0 Å². The molecule has 1 heterocycles. The summed E-state index contributed by atoms with van der Waals surface area (Å²) < 4.78 is 28.5. The van der Waals surface area contributed by atoms with Crippen molar-refractivity contribution in [1.29, 1.82) is 0 Å². The number of amides is 1. The smallest absolute Gasteiger partial charge is 0.267 e. The van der Waals surface area contributed by atoms with E-state index in [1.54, 1.807) is 6.07 Å². The lowest BCUT2D eigenvalue weighted by molar-refractivity contribution is -0.114. The number of aromatic nitrogens is 2. The molecule has 0 saturated heterocycles. The monoisotopic (exact) mass is 390 g/mol. The van der Waals surface area contributed by atoms with Gasteiger partial charge in [0.1, 0.15) is 0 Å². The molecule has 1 aromatic carbocycles. The van der Waals surface area contributed by atoms with Gasteiger partial charge in [0, 0.05) is 25.2 Å². The number of hydrogen-bond donors (Lipinski definition) is 2. The number of rotatable bonds is 6. The zero-order chi connectivity index (χ0) is 19.4. The Hall–Kier alpha value is -2.52. The first kappa shape index (κ1) is 19.2. The molecule has 0 fully saturated rings. The number of benzene rings is 1. The minimum absolute atomic E-state index is 0.0570. The molecule has 2 N–H and O–H groups in total. The van der Waals surface area contributed by atoms with Gasteiger partial charge < -0.3 is 5.32 Å². The third-order valence-corrected chi connectivity index (χ3v) is 5.85. The third-order valence-electron chi connectivity index (χ3n) is 4.37. The summed E-state index contributed by atoms with van der Waals surface area (Å²) >= 11 is 0. The molecule has 0 unspecified atom stereocenters. The first-order valence-corrected chi connectivity index (χ1v) is 10.3. The van der Waals surface area contributed by atoms with E-state index in [4.69, 9.17) is 0 Å². The van der Waals surface area contributed by atoms with Crippen LogP contribution in [0.5, 0.6) is 0 Å². The van der Waals surface area contributed by atoms with Crippen LogP contribution < -0.4 is 15.6 Å². The molecule has 0 atom stereocenters. The van der Waals surface area contributed by atoms with Gasteiger partial charge in [-0.3, -0.25) is 9.59 Å². The fourth-order valence-corrected chi connectivity index (χ4v) is 4.07. The molecule has 1 aromatic heterocycles. The number of nitrogens with zero attached hydrogens (tertiary/aromatic N) is 2. The standard InChI is InChI=1S/C18H22N4O4S/c1-13(23)20-15-6-8-16(9-7-15)27(25,26)19-10-11-22-18(24)12-14-4-2-3-5-17(14)21-22/h6-9,12,19H,2-5,10-11H2,1H3,(H,20,23). The van der Waals surface area contributed by atoms with E-state index in [9.17, 15) is 18.0 Å². The Morgan fingerprint density at radius 1 is 1.19 bits per heavy atom. The van der Waals surface area contributed by atoms with E-state index in [1.165, 1.54) is 35.9 Å². The number of nitrogens with one attached hydrogen (secondary N) is 2. The van der Waals surface area contributed by atoms with Gasteiger partial charge in [-0.05, 0) is 55.5 Å². The maximum absolute atomic E-state index is 12.4. The lowest BCUT2D eigenvalue weighted by Crippen LogP contribution is -2.33. The molecule has 8 nitrogen and oxygen atoms in total. The quantitative estimate of drug-likeness (QED) is 0.766. The summed E-state index contributed by atoms with van der Waals surface area (Å²) in [5.74, 6) is -0.230. The van der Waals surface area contributed by atoms with E-state index in [2.05, 4.69) is 15.1 Å². The fraction of sp³-hybridized carbons (Fsp3) is 0.389. The highest BCUT2D eigenvalue weighted by Gasteiger charge is 2.15. The Balaban J connectivity index is 1.64. The van der Waals surface area contributed by atoms with Crippen LogP contribution in [0.4, 0.5) is 5.69 Å². The van der Waals surface area contributed by atoms with Crippen LogP contribution in [0, 0.1) is 0 Å². The number of carbonyl (C=O) groups excluding carboxylic acids is 1. The molecule has 0 radical (unpaired) electrons. The van der Waals surface area contributed by atoms with Crippen LogP contribution in [0.2, 0.25) is 0 Å². The number of sulfonamides is 1. The molecule has 3 rings (SSSR count). The Kier molecular flexibility index (Phi) is 5.71. The van der Waals surface area contributed by atoms with E-state index in [0.29, 0.717) is 5.69 Å². The molecule has 9 heteroatoms. The zero-order valence-electron chi connectivity index (χ0n) is 15.1. The van der Waals surface area contributed by atoms with E-state index < -0.39 is 10.0 Å². The average Bonchev–Trinajstić information content (AvgIpc) is 2.62. The SMILES string of the molecule is CC(=O)Nc1ccc(S(=O)(=O)NCCn2nc3c(cc2=O)CCCC3)cc1. The molecule has 0 aliphatic heterocycles. The van der Waals surface area contributed by atoms with E-state index in [1.807, 2.05) is 0 Å². The molecule has 144 valence electrons. The maximum Gasteiger partial charge on any atom is 0.267 e. The second-order valence-corrected chi connectivity index (χ2v) is 8.26. The molecule has 0 saturated carbocycles. The summed E-state index contributed by atoms with van der Waals surface area (Å²) in [6, 6.07) is 7.47. The normalized spacial score (nSPS) is 13.8. The third kappa shape index (κ3) is 4.81. The molecule has 27 heavy (non-hydrogen) atoms. The van der Waals surface area contributed by atoms with Gasteiger partial charge in [-0.2, -0.15) is 5.10 Å². The van der Waals surface area contributed by atoms with Crippen molar-refractivity contribution in [3.05, 3.63) is 51.9 Å². The predicted octanol–water partition coefficient (Wildman–Crippen LogP) is 1.06. The van der Waals surface area contributed by atoms with Crippen molar-refractivity contribution in [3.8, 4) is 0 Å². The molecule has 2 aromatic rings. The molecular formula is C18H22N4O4S. The second-order valence-electron chi connectivity index (χ2n) is 6.49. The Bertz CT molecular complexity index is 997. The van der Waals surface area contributed by atoms with Crippen molar-refractivity contribution >= 4 is 21.6 Å². The summed E-state index contributed by atoms with van der Waals surface area (Å²) in [4.78, 5) is 23.2. The van der Waals surface area contributed by atoms with E-state index >= 15 is 0 Å². The second kappa shape index (κ2) is 8.01. The average molecular weight is 390 g/mol. The molecule has 1 aliphatic carbocycles. The van der Waals surface area contributed by atoms with Crippen LogP contribution in [-0.2, 0) is 34.2 Å². The number of anilines is 1. The number of hydrogen-bond acceptors (Lipinski definition) is 5. The van der Waals surface area contributed by atoms with Gasteiger partial charge in [0.2, 0.25) is 15.9 Å². The van der Waals surface area contributed by atoms with Crippen LogP contribution in [0.3, 0.4) is 0 Å². The van der Waals surface area contributed by atoms with E-state index in [-0.39, 0.29) is 29.5 Å². The van der Waals surface area contributed by atoms with Crippen molar-refractivity contribution in [2.45, 2.75) is 44.0 Å². The van der Waals surface area contributed by atoms with Gasteiger partial charge in [-0.25, -0.2) is 17.8 Å². The van der Waals surface area contributed by atoms with E-state index in [0.717, 1.165) is 36.9 Å². The van der Waals surface area contributed by atoms with Gasteiger partial charge in [0.15, 0.2) is 0 Å². The van der Waals surface area contributed by atoms with Crippen molar-refractivity contribution in [2.75, 3.05) is 11.9 Å². The van der Waals surface area contributed by atoms with Gasteiger partial charge in [-0.1, -0.05) is 0 Å². The van der Waals surface area contributed by atoms with Crippen molar-refractivity contribution < 1.29 is 13.2 Å².